The van der Waals surface area contributed by atoms with Crippen LogP contribution in [0.2, 0.25) is 0 Å². The molecule has 0 bridgehead atoms. The largest absolute Gasteiger partial charge is 0.351 e. The molecule has 22 heavy (non-hydrogen) atoms. The van der Waals surface area contributed by atoms with E-state index in [0.717, 1.165) is 18.4 Å². The van der Waals surface area contributed by atoms with Crippen LogP contribution in [0.3, 0.4) is 0 Å². The molecule has 6 nitrogen and oxygen atoms in total. The SMILES string of the molecule is CN(C)CCCN(CC(=O)NCc1ccccc1)S(C)(=O)=O. The van der Waals surface area contributed by atoms with Crippen molar-refractivity contribution in [2.24, 2.45) is 0 Å². The molecule has 0 aliphatic heterocycles. The van der Waals surface area contributed by atoms with Crippen LogP contribution in [0.1, 0.15) is 12.0 Å². The van der Waals surface area contributed by atoms with E-state index < -0.39 is 10.0 Å². The molecule has 0 atom stereocenters. The van der Waals surface area contributed by atoms with E-state index in [0.29, 0.717) is 19.5 Å². The second-order valence-corrected chi connectivity index (χ2v) is 7.50. The van der Waals surface area contributed by atoms with Crippen LogP contribution < -0.4 is 5.32 Å². The fraction of sp³-hybridized carbons (Fsp3) is 0.533. The van der Waals surface area contributed by atoms with Crippen molar-refractivity contribution in [3.63, 3.8) is 0 Å². The summed E-state index contributed by atoms with van der Waals surface area (Å²) in [4.78, 5) is 13.9. The summed E-state index contributed by atoms with van der Waals surface area (Å²) in [7, 11) is 0.469. The maximum atomic E-state index is 11.9. The lowest BCUT2D eigenvalue weighted by atomic mass is 10.2. The number of sulfonamides is 1. The summed E-state index contributed by atoms with van der Waals surface area (Å²) in [5, 5.41) is 2.75. The molecule has 0 aliphatic carbocycles. The van der Waals surface area contributed by atoms with Crippen molar-refractivity contribution in [2.75, 3.05) is 40.0 Å². The predicted molar refractivity (Wildman–Crippen MR) is 87.9 cm³/mol. The van der Waals surface area contributed by atoms with E-state index >= 15 is 0 Å². The summed E-state index contributed by atoms with van der Waals surface area (Å²) >= 11 is 0. The van der Waals surface area contributed by atoms with Gasteiger partial charge in [0.1, 0.15) is 0 Å². The summed E-state index contributed by atoms with van der Waals surface area (Å²) in [5.74, 6) is -0.292. The van der Waals surface area contributed by atoms with Crippen molar-refractivity contribution in [1.29, 1.82) is 0 Å². The van der Waals surface area contributed by atoms with E-state index in [4.69, 9.17) is 0 Å². The zero-order valence-corrected chi connectivity index (χ0v) is 14.3. The number of nitrogens with zero attached hydrogens (tertiary/aromatic N) is 2. The van der Waals surface area contributed by atoms with Gasteiger partial charge in [0.05, 0.1) is 12.8 Å². The molecule has 0 saturated carbocycles. The molecule has 0 saturated heterocycles. The molecular weight excluding hydrogens is 302 g/mol. The highest BCUT2D eigenvalue weighted by atomic mass is 32.2. The molecule has 0 spiro atoms. The summed E-state index contributed by atoms with van der Waals surface area (Å²) < 4.78 is 24.7. The standard InChI is InChI=1S/C15H25N3O3S/c1-17(2)10-7-11-18(22(3,20)21)13-15(19)16-12-14-8-5-4-6-9-14/h4-6,8-9H,7,10-13H2,1-3H3,(H,16,19). The van der Waals surface area contributed by atoms with Crippen LogP contribution in [0.5, 0.6) is 0 Å². The first-order valence-corrected chi connectivity index (χ1v) is 9.04. The van der Waals surface area contributed by atoms with Gasteiger partial charge in [-0.25, -0.2) is 8.42 Å². The highest BCUT2D eigenvalue weighted by molar-refractivity contribution is 7.88. The number of carbonyl (C=O) groups is 1. The molecule has 0 radical (unpaired) electrons. The van der Waals surface area contributed by atoms with Gasteiger partial charge in [0.25, 0.3) is 0 Å². The number of amides is 1. The number of rotatable bonds is 9. The second-order valence-electron chi connectivity index (χ2n) is 5.52. The van der Waals surface area contributed by atoms with Crippen LogP contribution in [0.25, 0.3) is 0 Å². The Labute approximate surface area is 133 Å². The molecule has 7 heteroatoms. The van der Waals surface area contributed by atoms with Crippen LogP contribution in [-0.4, -0.2) is 63.5 Å². The summed E-state index contributed by atoms with van der Waals surface area (Å²) in [6.07, 6.45) is 1.82. The lowest BCUT2D eigenvalue weighted by Crippen LogP contribution is -2.41. The lowest BCUT2D eigenvalue weighted by molar-refractivity contribution is -0.121. The average molecular weight is 327 g/mol. The molecule has 1 rings (SSSR count). The summed E-state index contributed by atoms with van der Waals surface area (Å²) in [6.45, 7) is 1.38. The van der Waals surface area contributed by atoms with Crippen LogP contribution in [-0.2, 0) is 21.4 Å². The Morgan fingerprint density at radius 3 is 2.32 bits per heavy atom. The number of hydrogen-bond donors (Lipinski definition) is 1. The Balaban J connectivity index is 2.49. The van der Waals surface area contributed by atoms with Gasteiger partial charge in [-0.2, -0.15) is 4.31 Å². The van der Waals surface area contributed by atoms with Crippen molar-refractivity contribution in [3.8, 4) is 0 Å². The fourth-order valence-corrected chi connectivity index (χ4v) is 2.75. The van der Waals surface area contributed by atoms with Gasteiger partial charge in [0.2, 0.25) is 15.9 Å². The molecule has 0 fully saturated rings. The number of carbonyl (C=O) groups excluding carboxylic acids is 1. The van der Waals surface area contributed by atoms with Crippen molar-refractivity contribution in [1.82, 2.24) is 14.5 Å². The third-order valence-electron chi connectivity index (χ3n) is 3.13. The molecular formula is C15H25N3O3S. The van der Waals surface area contributed by atoms with Gasteiger partial charge in [0, 0.05) is 13.1 Å². The molecule has 0 aliphatic rings. The minimum atomic E-state index is -3.39. The zero-order chi connectivity index (χ0) is 16.6. The monoisotopic (exact) mass is 327 g/mol. The number of benzene rings is 1. The van der Waals surface area contributed by atoms with Gasteiger partial charge in [-0.3, -0.25) is 4.79 Å². The first-order valence-electron chi connectivity index (χ1n) is 7.19. The molecule has 1 aromatic rings. The summed E-state index contributed by atoms with van der Waals surface area (Å²) in [5.41, 5.74) is 0.981. The highest BCUT2D eigenvalue weighted by Gasteiger charge is 2.19. The zero-order valence-electron chi connectivity index (χ0n) is 13.4. The van der Waals surface area contributed by atoms with Crippen molar-refractivity contribution in [2.45, 2.75) is 13.0 Å². The Morgan fingerprint density at radius 1 is 1.14 bits per heavy atom. The molecule has 1 aromatic carbocycles. The van der Waals surface area contributed by atoms with E-state index in [1.807, 2.05) is 49.3 Å². The average Bonchev–Trinajstić information content (AvgIpc) is 2.44. The minimum absolute atomic E-state index is 0.140. The quantitative estimate of drug-likeness (QED) is 0.718. The molecule has 1 amide bonds. The van der Waals surface area contributed by atoms with Gasteiger partial charge < -0.3 is 10.2 Å². The van der Waals surface area contributed by atoms with Gasteiger partial charge >= 0.3 is 0 Å². The van der Waals surface area contributed by atoms with E-state index in [2.05, 4.69) is 5.32 Å². The fourth-order valence-electron chi connectivity index (χ4n) is 1.94. The molecule has 0 unspecified atom stereocenters. The van der Waals surface area contributed by atoms with Crippen LogP contribution in [0, 0.1) is 0 Å². The van der Waals surface area contributed by atoms with E-state index in [9.17, 15) is 13.2 Å². The van der Waals surface area contributed by atoms with Crippen molar-refractivity contribution < 1.29 is 13.2 Å². The van der Waals surface area contributed by atoms with Gasteiger partial charge in [0.15, 0.2) is 0 Å². The van der Waals surface area contributed by atoms with Gasteiger partial charge in [-0.15, -0.1) is 0 Å². The number of nitrogens with one attached hydrogen (secondary N) is 1. The van der Waals surface area contributed by atoms with Crippen molar-refractivity contribution >= 4 is 15.9 Å². The first kappa shape index (κ1) is 18.6. The predicted octanol–water partition coefficient (Wildman–Crippen LogP) is 0.516. The normalized spacial score (nSPS) is 11.9. The number of hydrogen-bond acceptors (Lipinski definition) is 4. The third kappa shape index (κ3) is 7.53. The Kier molecular flexibility index (Phi) is 7.50. The van der Waals surface area contributed by atoms with Gasteiger partial charge in [-0.05, 0) is 32.6 Å². The first-order chi connectivity index (χ1) is 10.3. The van der Waals surface area contributed by atoms with Crippen LogP contribution in [0.15, 0.2) is 30.3 Å². The molecule has 0 aromatic heterocycles. The highest BCUT2D eigenvalue weighted by Crippen LogP contribution is 2.01. The second kappa shape index (κ2) is 8.87. The lowest BCUT2D eigenvalue weighted by Gasteiger charge is -2.20. The summed E-state index contributed by atoms with van der Waals surface area (Å²) in [6, 6.07) is 9.51. The van der Waals surface area contributed by atoms with Crippen LogP contribution in [0.4, 0.5) is 0 Å². The minimum Gasteiger partial charge on any atom is -0.351 e. The maximum Gasteiger partial charge on any atom is 0.235 e. The maximum absolute atomic E-state index is 11.9. The van der Waals surface area contributed by atoms with E-state index in [-0.39, 0.29) is 12.5 Å². The van der Waals surface area contributed by atoms with Crippen molar-refractivity contribution in [3.05, 3.63) is 35.9 Å². The molecule has 0 heterocycles. The Hall–Kier alpha value is -1.44. The van der Waals surface area contributed by atoms with E-state index in [1.165, 1.54) is 4.31 Å². The Morgan fingerprint density at radius 2 is 1.77 bits per heavy atom. The molecule has 1 N–H and O–H groups in total. The van der Waals surface area contributed by atoms with Gasteiger partial charge in [-0.1, -0.05) is 30.3 Å². The third-order valence-corrected chi connectivity index (χ3v) is 4.38. The van der Waals surface area contributed by atoms with E-state index in [1.54, 1.807) is 0 Å². The topological polar surface area (TPSA) is 69.7 Å². The van der Waals surface area contributed by atoms with Crippen LogP contribution >= 0.6 is 0 Å². The smallest absolute Gasteiger partial charge is 0.235 e. The Bertz CT molecular complexity index is 559. The molecule has 124 valence electrons.